The average molecular weight is 325 g/mol. The summed E-state index contributed by atoms with van der Waals surface area (Å²) in [6, 6.07) is 5.59. The summed E-state index contributed by atoms with van der Waals surface area (Å²) in [5, 5.41) is 0. The van der Waals surface area contributed by atoms with E-state index >= 15 is 0 Å². The lowest BCUT2D eigenvalue weighted by molar-refractivity contribution is -0.126. The van der Waals surface area contributed by atoms with Crippen LogP contribution in [0.5, 0.6) is 0 Å². The fourth-order valence-corrected chi connectivity index (χ4v) is 2.75. The van der Waals surface area contributed by atoms with E-state index in [-0.39, 0.29) is 11.8 Å². The molecule has 2 N–H and O–H groups in total. The van der Waals surface area contributed by atoms with Gasteiger partial charge in [0.25, 0.3) is 5.91 Å². The minimum Gasteiger partial charge on any atom is -0.369 e. The minimum atomic E-state index is -0.605. The standard InChI is InChI=1S/C14H17BrN2O2/c1-9-4-3-5-10(11(9)15)12(18)17-7-6-14(2,8-17)13(16)19/h3-5H,6-8H2,1-2H3,(H2,16,19). The molecule has 0 aliphatic carbocycles. The number of likely N-dealkylation sites (tertiary alicyclic amines) is 1. The predicted octanol–water partition coefficient (Wildman–Crippen LogP) is 2.10. The van der Waals surface area contributed by atoms with Crippen molar-refractivity contribution in [3.8, 4) is 0 Å². The lowest BCUT2D eigenvalue weighted by Gasteiger charge is -2.21. The van der Waals surface area contributed by atoms with Crippen molar-refractivity contribution in [3.63, 3.8) is 0 Å². The quantitative estimate of drug-likeness (QED) is 0.905. The second-order valence-electron chi connectivity index (χ2n) is 5.34. The van der Waals surface area contributed by atoms with Crippen LogP contribution >= 0.6 is 15.9 Å². The molecule has 0 radical (unpaired) electrons. The van der Waals surface area contributed by atoms with E-state index in [1.54, 1.807) is 11.0 Å². The van der Waals surface area contributed by atoms with Crippen molar-refractivity contribution in [3.05, 3.63) is 33.8 Å². The van der Waals surface area contributed by atoms with Crippen LogP contribution in [0.15, 0.2) is 22.7 Å². The summed E-state index contributed by atoms with van der Waals surface area (Å²) in [5.41, 5.74) is 6.45. The number of hydrogen-bond acceptors (Lipinski definition) is 2. The third-order valence-corrected chi connectivity index (χ3v) is 4.83. The molecule has 102 valence electrons. The van der Waals surface area contributed by atoms with Gasteiger partial charge < -0.3 is 10.6 Å². The molecule has 1 saturated heterocycles. The van der Waals surface area contributed by atoms with E-state index in [4.69, 9.17) is 5.73 Å². The van der Waals surface area contributed by atoms with Crippen LogP contribution in [0.3, 0.4) is 0 Å². The highest BCUT2D eigenvalue weighted by Gasteiger charge is 2.41. The van der Waals surface area contributed by atoms with Crippen molar-refractivity contribution in [2.24, 2.45) is 11.1 Å². The maximum atomic E-state index is 12.5. The Kier molecular flexibility index (Phi) is 3.67. The van der Waals surface area contributed by atoms with Crippen LogP contribution in [0.4, 0.5) is 0 Å². The number of amides is 2. The van der Waals surface area contributed by atoms with Crippen LogP contribution in [0.1, 0.15) is 29.3 Å². The SMILES string of the molecule is Cc1cccc(C(=O)N2CCC(C)(C(N)=O)C2)c1Br. The topological polar surface area (TPSA) is 63.4 Å². The number of hydrogen-bond donors (Lipinski definition) is 1. The van der Waals surface area contributed by atoms with E-state index in [0.29, 0.717) is 25.1 Å². The second-order valence-corrected chi connectivity index (χ2v) is 6.13. The fourth-order valence-electron chi connectivity index (χ4n) is 2.32. The van der Waals surface area contributed by atoms with Gasteiger partial charge in [-0.1, -0.05) is 12.1 Å². The van der Waals surface area contributed by atoms with Crippen molar-refractivity contribution >= 4 is 27.7 Å². The Labute approximate surface area is 121 Å². The van der Waals surface area contributed by atoms with Crippen LogP contribution in [-0.2, 0) is 4.79 Å². The van der Waals surface area contributed by atoms with E-state index in [1.807, 2.05) is 26.0 Å². The number of halogens is 1. The monoisotopic (exact) mass is 324 g/mol. The summed E-state index contributed by atoms with van der Waals surface area (Å²) >= 11 is 3.45. The first-order valence-electron chi connectivity index (χ1n) is 6.19. The Morgan fingerprint density at radius 3 is 2.68 bits per heavy atom. The molecular formula is C14H17BrN2O2. The number of carbonyl (C=O) groups excluding carboxylic acids is 2. The number of rotatable bonds is 2. The lowest BCUT2D eigenvalue weighted by Crippen LogP contribution is -2.38. The second kappa shape index (κ2) is 4.96. The summed E-state index contributed by atoms with van der Waals surface area (Å²) in [6.45, 7) is 4.71. The smallest absolute Gasteiger partial charge is 0.255 e. The van der Waals surface area contributed by atoms with Gasteiger partial charge in [0, 0.05) is 17.6 Å². The molecule has 1 aliphatic rings. The molecule has 1 heterocycles. The van der Waals surface area contributed by atoms with Gasteiger partial charge in [-0.05, 0) is 47.8 Å². The normalized spacial score (nSPS) is 22.6. The Bertz CT molecular complexity index is 544. The predicted molar refractivity (Wildman–Crippen MR) is 76.7 cm³/mol. The molecule has 1 aromatic rings. The molecule has 0 spiro atoms. The summed E-state index contributed by atoms with van der Waals surface area (Å²) in [7, 11) is 0. The maximum absolute atomic E-state index is 12.5. The zero-order valence-electron chi connectivity index (χ0n) is 11.1. The number of aryl methyl sites for hydroxylation is 1. The van der Waals surface area contributed by atoms with E-state index in [1.165, 1.54) is 0 Å². The highest BCUT2D eigenvalue weighted by molar-refractivity contribution is 9.10. The van der Waals surface area contributed by atoms with E-state index < -0.39 is 5.41 Å². The van der Waals surface area contributed by atoms with Crippen LogP contribution in [0.25, 0.3) is 0 Å². The Morgan fingerprint density at radius 1 is 1.42 bits per heavy atom. The largest absolute Gasteiger partial charge is 0.369 e. The molecule has 19 heavy (non-hydrogen) atoms. The van der Waals surface area contributed by atoms with E-state index in [9.17, 15) is 9.59 Å². The van der Waals surface area contributed by atoms with Crippen LogP contribution in [0.2, 0.25) is 0 Å². The summed E-state index contributed by atoms with van der Waals surface area (Å²) in [5.74, 6) is -0.397. The molecule has 2 amide bonds. The first-order valence-corrected chi connectivity index (χ1v) is 6.99. The molecule has 1 aromatic carbocycles. The first-order chi connectivity index (χ1) is 8.85. The average Bonchev–Trinajstić information content (AvgIpc) is 2.76. The molecule has 5 heteroatoms. The molecule has 2 rings (SSSR count). The van der Waals surface area contributed by atoms with Crippen LogP contribution in [-0.4, -0.2) is 29.8 Å². The van der Waals surface area contributed by atoms with Gasteiger partial charge in [-0.3, -0.25) is 9.59 Å². The number of nitrogens with zero attached hydrogens (tertiary/aromatic N) is 1. The highest BCUT2D eigenvalue weighted by atomic mass is 79.9. The molecule has 0 bridgehead atoms. The van der Waals surface area contributed by atoms with Crippen molar-refractivity contribution in [2.45, 2.75) is 20.3 Å². The highest BCUT2D eigenvalue weighted by Crippen LogP contribution is 2.31. The Hall–Kier alpha value is -1.36. The van der Waals surface area contributed by atoms with Gasteiger partial charge in [0.05, 0.1) is 11.0 Å². The van der Waals surface area contributed by atoms with Gasteiger partial charge in [0.15, 0.2) is 0 Å². The first kappa shape index (κ1) is 14.1. The minimum absolute atomic E-state index is 0.0550. The van der Waals surface area contributed by atoms with Crippen molar-refractivity contribution < 1.29 is 9.59 Å². The van der Waals surface area contributed by atoms with Gasteiger partial charge in [-0.15, -0.1) is 0 Å². The molecule has 1 unspecified atom stereocenters. The van der Waals surface area contributed by atoms with Crippen molar-refractivity contribution in [1.29, 1.82) is 0 Å². The molecule has 4 nitrogen and oxygen atoms in total. The summed E-state index contributed by atoms with van der Waals surface area (Å²) < 4.78 is 0.813. The molecule has 0 saturated carbocycles. The van der Waals surface area contributed by atoms with Gasteiger partial charge in [0.2, 0.25) is 5.91 Å². The fraction of sp³-hybridized carbons (Fsp3) is 0.429. The summed E-state index contributed by atoms with van der Waals surface area (Å²) in [6.07, 6.45) is 0.623. The third-order valence-electron chi connectivity index (χ3n) is 3.78. The van der Waals surface area contributed by atoms with Gasteiger partial charge in [0.1, 0.15) is 0 Å². The third kappa shape index (κ3) is 2.52. The van der Waals surface area contributed by atoms with Gasteiger partial charge in [-0.2, -0.15) is 0 Å². The lowest BCUT2D eigenvalue weighted by atomic mass is 9.89. The van der Waals surface area contributed by atoms with E-state index in [2.05, 4.69) is 15.9 Å². The number of nitrogens with two attached hydrogens (primary N) is 1. The Morgan fingerprint density at radius 2 is 2.11 bits per heavy atom. The molecule has 1 atom stereocenters. The number of benzene rings is 1. The van der Waals surface area contributed by atoms with E-state index in [0.717, 1.165) is 10.0 Å². The molecular weight excluding hydrogens is 308 g/mol. The Balaban J connectivity index is 2.23. The van der Waals surface area contributed by atoms with Crippen molar-refractivity contribution in [2.75, 3.05) is 13.1 Å². The zero-order valence-corrected chi connectivity index (χ0v) is 12.7. The molecule has 1 fully saturated rings. The number of carbonyl (C=O) groups is 2. The molecule has 0 aromatic heterocycles. The molecule has 1 aliphatic heterocycles. The van der Waals surface area contributed by atoms with Crippen LogP contribution < -0.4 is 5.73 Å². The van der Waals surface area contributed by atoms with Crippen molar-refractivity contribution in [1.82, 2.24) is 4.90 Å². The zero-order chi connectivity index (χ0) is 14.2. The number of primary amides is 1. The van der Waals surface area contributed by atoms with Gasteiger partial charge in [-0.25, -0.2) is 0 Å². The van der Waals surface area contributed by atoms with Gasteiger partial charge >= 0.3 is 0 Å². The maximum Gasteiger partial charge on any atom is 0.255 e. The van der Waals surface area contributed by atoms with Crippen LogP contribution in [0, 0.1) is 12.3 Å². The summed E-state index contributed by atoms with van der Waals surface area (Å²) in [4.78, 5) is 25.6.